The number of hydrogen-bond acceptors (Lipinski definition) is 4. The molecule has 0 bridgehead atoms. The smallest absolute Gasteiger partial charge is 0.412 e. The fourth-order valence-corrected chi connectivity index (χ4v) is 1.85. The van der Waals surface area contributed by atoms with E-state index in [1.165, 1.54) is 11.5 Å². The second kappa shape index (κ2) is 4.27. The molecule has 0 saturated carbocycles. The zero-order chi connectivity index (χ0) is 10.8. The highest BCUT2D eigenvalue weighted by molar-refractivity contribution is 9.10. The molecular weight excluding hydrogens is 268 g/mol. The molecule has 0 fully saturated rings. The summed E-state index contributed by atoms with van der Waals surface area (Å²) >= 11 is 4.46. The molecule has 0 aliphatic heterocycles. The second-order valence-electron chi connectivity index (χ2n) is 3.65. The van der Waals surface area contributed by atoms with Crippen LogP contribution < -0.4 is 5.32 Å². The van der Waals surface area contributed by atoms with E-state index in [0.29, 0.717) is 10.3 Å². The predicted octanol–water partition coefficient (Wildman–Crippen LogP) is 3.25. The Bertz CT molecular complexity index is 332. The number of amides is 1. The molecule has 1 rings (SSSR count). The van der Waals surface area contributed by atoms with Crippen molar-refractivity contribution in [2.45, 2.75) is 26.4 Å². The van der Waals surface area contributed by atoms with Crippen molar-refractivity contribution in [3.05, 3.63) is 9.98 Å². The molecule has 78 valence electrons. The van der Waals surface area contributed by atoms with Gasteiger partial charge in [0, 0.05) is 5.38 Å². The van der Waals surface area contributed by atoms with Crippen LogP contribution >= 0.6 is 27.5 Å². The molecule has 1 N–H and O–H groups in total. The average molecular weight is 279 g/mol. The molecule has 0 aliphatic carbocycles. The van der Waals surface area contributed by atoms with E-state index in [2.05, 4.69) is 25.6 Å². The Morgan fingerprint density at radius 2 is 2.29 bits per heavy atom. The van der Waals surface area contributed by atoms with Crippen LogP contribution in [0.1, 0.15) is 20.8 Å². The van der Waals surface area contributed by atoms with Crippen LogP contribution in [0.25, 0.3) is 0 Å². The van der Waals surface area contributed by atoms with Gasteiger partial charge in [-0.3, -0.25) is 5.32 Å². The maximum absolute atomic E-state index is 11.3. The highest BCUT2D eigenvalue weighted by Gasteiger charge is 2.17. The average Bonchev–Trinajstić information content (AvgIpc) is 2.32. The summed E-state index contributed by atoms with van der Waals surface area (Å²) in [4.78, 5) is 11.3. The number of halogens is 1. The van der Waals surface area contributed by atoms with Gasteiger partial charge in [0.2, 0.25) is 0 Å². The normalized spacial score (nSPS) is 11.1. The molecular formula is C8H11BrN2O2S. The first-order valence-corrected chi connectivity index (χ1v) is 5.61. The van der Waals surface area contributed by atoms with Crippen LogP contribution in [0.4, 0.5) is 10.5 Å². The Balaban J connectivity index is 2.54. The number of rotatable bonds is 1. The first-order valence-electron chi connectivity index (χ1n) is 3.98. The molecule has 4 nitrogen and oxygen atoms in total. The number of carbonyl (C=O) groups is 1. The minimum absolute atomic E-state index is 0.474. The van der Waals surface area contributed by atoms with Gasteiger partial charge < -0.3 is 4.74 Å². The lowest BCUT2D eigenvalue weighted by atomic mass is 10.2. The van der Waals surface area contributed by atoms with Gasteiger partial charge in [0.15, 0.2) is 0 Å². The molecule has 0 saturated heterocycles. The SMILES string of the molecule is CC(C)(C)OC(=O)Nc1csnc1Br. The van der Waals surface area contributed by atoms with Crippen LogP contribution in [0, 0.1) is 0 Å². The molecule has 0 spiro atoms. The van der Waals surface area contributed by atoms with Gasteiger partial charge >= 0.3 is 6.09 Å². The van der Waals surface area contributed by atoms with Gasteiger partial charge in [-0.15, -0.1) is 0 Å². The van der Waals surface area contributed by atoms with Crippen LogP contribution in [0.3, 0.4) is 0 Å². The minimum Gasteiger partial charge on any atom is -0.444 e. The molecule has 0 radical (unpaired) electrons. The lowest BCUT2D eigenvalue weighted by molar-refractivity contribution is 0.0636. The van der Waals surface area contributed by atoms with Crippen molar-refractivity contribution in [1.82, 2.24) is 4.37 Å². The van der Waals surface area contributed by atoms with Gasteiger partial charge in [0.1, 0.15) is 10.2 Å². The zero-order valence-electron chi connectivity index (χ0n) is 8.13. The van der Waals surface area contributed by atoms with Crippen molar-refractivity contribution >= 4 is 39.2 Å². The van der Waals surface area contributed by atoms with Crippen molar-refractivity contribution in [2.24, 2.45) is 0 Å². The van der Waals surface area contributed by atoms with Gasteiger partial charge in [0.25, 0.3) is 0 Å². The lowest BCUT2D eigenvalue weighted by Gasteiger charge is -2.19. The highest BCUT2D eigenvalue weighted by Crippen LogP contribution is 2.23. The van der Waals surface area contributed by atoms with Crippen LogP contribution in [0.15, 0.2) is 9.98 Å². The molecule has 1 aromatic rings. The Morgan fingerprint density at radius 3 is 2.71 bits per heavy atom. The van der Waals surface area contributed by atoms with E-state index in [9.17, 15) is 4.79 Å². The zero-order valence-corrected chi connectivity index (χ0v) is 10.5. The third-order valence-electron chi connectivity index (χ3n) is 1.16. The number of hydrogen-bond donors (Lipinski definition) is 1. The molecule has 0 aromatic carbocycles. The largest absolute Gasteiger partial charge is 0.444 e. The van der Waals surface area contributed by atoms with Gasteiger partial charge in [0.05, 0.1) is 5.69 Å². The van der Waals surface area contributed by atoms with Crippen molar-refractivity contribution in [3.8, 4) is 0 Å². The second-order valence-corrected chi connectivity index (χ2v) is 5.03. The maximum Gasteiger partial charge on any atom is 0.412 e. The van der Waals surface area contributed by atoms with E-state index in [0.717, 1.165) is 0 Å². The number of aromatic nitrogens is 1. The van der Waals surface area contributed by atoms with Gasteiger partial charge in [-0.1, -0.05) is 0 Å². The number of nitrogens with zero attached hydrogens (tertiary/aromatic N) is 1. The number of ether oxygens (including phenoxy) is 1. The van der Waals surface area contributed by atoms with Crippen molar-refractivity contribution in [3.63, 3.8) is 0 Å². The fraction of sp³-hybridized carbons (Fsp3) is 0.500. The summed E-state index contributed by atoms with van der Waals surface area (Å²) in [6, 6.07) is 0. The quantitative estimate of drug-likeness (QED) is 0.858. The van der Waals surface area contributed by atoms with Crippen LogP contribution in [-0.2, 0) is 4.74 Å². The summed E-state index contributed by atoms with van der Waals surface area (Å²) in [5, 5.41) is 4.32. The van der Waals surface area contributed by atoms with Gasteiger partial charge in [-0.05, 0) is 48.2 Å². The summed E-state index contributed by atoms with van der Waals surface area (Å²) in [6.07, 6.45) is -0.474. The Kier molecular flexibility index (Phi) is 3.49. The van der Waals surface area contributed by atoms with Crippen LogP contribution in [0.5, 0.6) is 0 Å². The third kappa shape index (κ3) is 3.63. The fourth-order valence-electron chi connectivity index (χ4n) is 0.718. The third-order valence-corrected chi connectivity index (χ3v) is 2.63. The van der Waals surface area contributed by atoms with Crippen LogP contribution in [0.2, 0.25) is 0 Å². The molecule has 0 unspecified atom stereocenters. The first kappa shape index (κ1) is 11.5. The summed E-state index contributed by atoms with van der Waals surface area (Å²) in [5.74, 6) is 0. The Hall–Kier alpha value is -0.620. The minimum atomic E-state index is -0.486. The molecule has 1 amide bonds. The van der Waals surface area contributed by atoms with Crippen molar-refractivity contribution in [2.75, 3.05) is 5.32 Å². The van der Waals surface area contributed by atoms with E-state index in [4.69, 9.17) is 4.74 Å². The molecule has 6 heteroatoms. The van der Waals surface area contributed by atoms with Gasteiger partial charge in [-0.25, -0.2) is 4.79 Å². The predicted molar refractivity (Wildman–Crippen MR) is 59.7 cm³/mol. The summed E-state index contributed by atoms with van der Waals surface area (Å²) in [6.45, 7) is 5.44. The standard InChI is InChI=1S/C8H11BrN2O2S/c1-8(2,3)13-7(12)10-5-4-14-11-6(5)9/h4H,1-3H3,(H,10,12). The van der Waals surface area contributed by atoms with E-state index >= 15 is 0 Å². The Morgan fingerprint density at radius 1 is 1.64 bits per heavy atom. The van der Waals surface area contributed by atoms with Gasteiger partial charge in [-0.2, -0.15) is 4.37 Å². The number of nitrogens with one attached hydrogen (secondary N) is 1. The molecule has 0 atom stereocenters. The molecule has 1 heterocycles. The van der Waals surface area contributed by atoms with E-state index in [1.807, 2.05) is 20.8 Å². The lowest BCUT2D eigenvalue weighted by Crippen LogP contribution is -2.27. The maximum atomic E-state index is 11.3. The van der Waals surface area contributed by atoms with E-state index < -0.39 is 11.7 Å². The molecule has 1 aromatic heterocycles. The van der Waals surface area contributed by atoms with E-state index in [1.54, 1.807) is 5.38 Å². The number of carbonyl (C=O) groups excluding carboxylic acids is 1. The van der Waals surface area contributed by atoms with E-state index in [-0.39, 0.29) is 0 Å². The first-order chi connectivity index (χ1) is 6.38. The topological polar surface area (TPSA) is 51.2 Å². The van der Waals surface area contributed by atoms with Crippen molar-refractivity contribution < 1.29 is 9.53 Å². The van der Waals surface area contributed by atoms with Crippen LogP contribution in [-0.4, -0.2) is 16.1 Å². The summed E-state index contributed by atoms with van der Waals surface area (Å²) in [5.41, 5.74) is 0.143. The number of anilines is 1. The molecule has 0 aliphatic rings. The van der Waals surface area contributed by atoms with Crippen molar-refractivity contribution in [1.29, 1.82) is 0 Å². The highest BCUT2D eigenvalue weighted by atomic mass is 79.9. The monoisotopic (exact) mass is 278 g/mol. The Labute approximate surface area is 94.9 Å². The summed E-state index contributed by atoms with van der Waals surface area (Å²) < 4.78 is 9.65. The molecule has 14 heavy (non-hydrogen) atoms. The summed E-state index contributed by atoms with van der Waals surface area (Å²) in [7, 11) is 0.